The van der Waals surface area contributed by atoms with E-state index in [1.165, 1.54) is 24.3 Å². The first-order valence-corrected chi connectivity index (χ1v) is 8.60. The van der Waals surface area contributed by atoms with E-state index in [9.17, 15) is 19.3 Å². The summed E-state index contributed by atoms with van der Waals surface area (Å²) < 4.78 is 26.7. The Labute approximate surface area is 156 Å². The minimum Gasteiger partial charge on any atom is -0.250 e. The fraction of sp³-hybridized carbons (Fsp3) is 0.227. The van der Waals surface area contributed by atoms with E-state index in [1.807, 2.05) is 13.8 Å². The van der Waals surface area contributed by atoms with Crippen LogP contribution in [0.25, 0.3) is 5.70 Å². The van der Waals surface area contributed by atoms with Gasteiger partial charge < -0.3 is 0 Å². The lowest BCUT2D eigenvalue weighted by molar-refractivity contribution is 0.414. The predicted octanol–water partition coefficient (Wildman–Crippen LogP) is 5.11. The van der Waals surface area contributed by atoms with Crippen molar-refractivity contribution in [2.75, 3.05) is 0 Å². The van der Waals surface area contributed by atoms with Gasteiger partial charge in [0.1, 0.15) is 11.6 Å². The van der Waals surface area contributed by atoms with Crippen molar-refractivity contribution in [1.29, 1.82) is 10.5 Å². The SMILES string of the molecule is CC(C)C1C(C#N)=C(c2ccc(F)cc2)N=C(c2ccc(F)cc2)C1C#N. The third-order valence-corrected chi connectivity index (χ3v) is 4.71. The molecule has 2 aromatic rings. The van der Waals surface area contributed by atoms with Crippen molar-refractivity contribution in [1.82, 2.24) is 0 Å². The van der Waals surface area contributed by atoms with Gasteiger partial charge in [0.2, 0.25) is 0 Å². The number of halogens is 2. The fourth-order valence-electron chi connectivity index (χ4n) is 3.42. The first-order valence-electron chi connectivity index (χ1n) is 8.60. The zero-order valence-electron chi connectivity index (χ0n) is 14.9. The Bertz CT molecular complexity index is 988. The topological polar surface area (TPSA) is 59.9 Å². The summed E-state index contributed by atoms with van der Waals surface area (Å²) >= 11 is 0. The summed E-state index contributed by atoms with van der Waals surface area (Å²) in [5, 5.41) is 19.6. The average molecular weight is 361 g/mol. The second-order valence-electron chi connectivity index (χ2n) is 6.76. The maximum Gasteiger partial charge on any atom is 0.123 e. The highest BCUT2D eigenvalue weighted by molar-refractivity contribution is 6.08. The van der Waals surface area contributed by atoms with Crippen LogP contribution in [0.2, 0.25) is 0 Å². The summed E-state index contributed by atoms with van der Waals surface area (Å²) in [7, 11) is 0. The van der Waals surface area contributed by atoms with Crippen molar-refractivity contribution < 1.29 is 8.78 Å². The molecule has 27 heavy (non-hydrogen) atoms. The Morgan fingerprint density at radius 1 is 0.889 bits per heavy atom. The molecule has 0 aromatic heterocycles. The van der Waals surface area contributed by atoms with Crippen LogP contribution in [0.1, 0.15) is 25.0 Å². The van der Waals surface area contributed by atoms with Crippen LogP contribution in [0.15, 0.2) is 59.1 Å². The van der Waals surface area contributed by atoms with Crippen molar-refractivity contribution in [2.45, 2.75) is 13.8 Å². The molecule has 0 N–H and O–H groups in total. The monoisotopic (exact) mass is 361 g/mol. The van der Waals surface area contributed by atoms with Crippen molar-refractivity contribution in [2.24, 2.45) is 22.7 Å². The number of hydrogen-bond donors (Lipinski definition) is 0. The molecule has 1 aliphatic rings. The van der Waals surface area contributed by atoms with E-state index < -0.39 is 5.92 Å². The second-order valence-corrected chi connectivity index (χ2v) is 6.76. The zero-order valence-corrected chi connectivity index (χ0v) is 14.9. The van der Waals surface area contributed by atoms with E-state index in [-0.39, 0.29) is 23.5 Å². The van der Waals surface area contributed by atoms with Gasteiger partial charge >= 0.3 is 0 Å². The van der Waals surface area contributed by atoms with Crippen LogP contribution in [-0.2, 0) is 0 Å². The number of aliphatic imine (C=N–C) groups is 1. The predicted molar refractivity (Wildman–Crippen MR) is 99.3 cm³/mol. The maximum absolute atomic E-state index is 13.3. The number of hydrogen-bond acceptors (Lipinski definition) is 3. The molecule has 0 fully saturated rings. The van der Waals surface area contributed by atoms with Crippen molar-refractivity contribution in [3.05, 3.63) is 76.9 Å². The highest BCUT2D eigenvalue weighted by atomic mass is 19.1. The highest BCUT2D eigenvalue weighted by Gasteiger charge is 2.38. The van der Waals surface area contributed by atoms with Crippen LogP contribution in [0.3, 0.4) is 0 Å². The summed E-state index contributed by atoms with van der Waals surface area (Å²) in [4.78, 5) is 4.63. The molecule has 134 valence electrons. The summed E-state index contributed by atoms with van der Waals surface area (Å²) in [5.41, 5.74) is 2.57. The number of nitriles is 2. The number of nitrogens with zero attached hydrogens (tertiary/aromatic N) is 3. The molecule has 2 atom stereocenters. The molecule has 5 heteroatoms. The lowest BCUT2D eigenvalue weighted by Gasteiger charge is -2.31. The molecular formula is C22H17F2N3. The van der Waals surface area contributed by atoms with Gasteiger partial charge in [0.15, 0.2) is 0 Å². The molecule has 1 heterocycles. The number of allylic oxidation sites excluding steroid dienone is 1. The molecule has 0 saturated carbocycles. The first kappa shape index (κ1) is 18.5. The van der Waals surface area contributed by atoms with E-state index in [0.717, 1.165) is 0 Å². The molecule has 2 unspecified atom stereocenters. The molecule has 0 radical (unpaired) electrons. The lowest BCUT2D eigenvalue weighted by Crippen LogP contribution is -2.32. The van der Waals surface area contributed by atoms with Gasteiger partial charge in [-0.25, -0.2) is 13.8 Å². The molecule has 0 spiro atoms. The molecule has 0 saturated heterocycles. The van der Waals surface area contributed by atoms with Crippen molar-refractivity contribution in [3.63, 3.8) is 0 Å². The van der Waals surface area contributed by atoms with Gasteiger partial charge in [0.05, 0.1) is 35.0 Å². The zero-order chi connectivity index (χ0) is 19.6. The molecule has 1 aliphatic heterocycles. The van der Waals surface area contributed by atoms with Crippen molar-refractivity contribution >= 4 is 11.4 Å². The summed E-state index contributed by atoms with van der Waals surface area (Å²) in [6, 6.07) is 16.0. The van der Waals surface area contributed by atoms with Gasteiger partial charge in [-0.05, 0) is 47.9 Å². The van der Waals surface area contributed by atoms with Gasteiger partial charge in [0, 0.05) is 11.5 Å². The van der Waals surface area contributed by atoms with Crippen LogP contribution in [-0.4, -0.2) is 5.71 Å². The first-order chi connectivity index (χ1) is 13.0. The van der Waals surface area contributed by atoms with E-state index >= 15 is 0 Å². The maximum atomic E-state index is 13.3. The number of rotatable bonds is 3. The van der Waals surface area contributed by atoms with Crippen LogP contribution >= 0.6 is 0 Å². The van der Waals surface area contributed by atoms with Crippen molar-refractivity contribution in [3.8, 4) is 12.1 Å². The lowest BCUT2D eigenvalue weighted by atomic mass is 9.72. The summed E-state index contributed by atoms with van der Waals surface area (Å²) in [5.74, 6) is -1.75. The van der Waals surface area contributed by atoms with Crippen LogP contribution in [0.4, 0.5) is 8.78 Å². The average Bonchev–Trinajstić information content (AvgIpc) is 2.67. The Hall–Kier alpha value is -3.31. The van der Waals surface area contributed by atoms with E-state index in [4.69, 9.17) is 0 Å². The Balaban J connectivity index is 2.26. The number of benzene rings is 2. The molecule has 0 aliphatic carbocycles. The summed E-state index contributed by atoms with van der Waals surface area (Å²) in [6.07, 6.45) is 0. The Kier molecular flexibility index (Phi) is 5.14. The molecule has 3 rings (SSSR count). The van der Waals surface area contributed by atoms with Gasteiger partial charge in [-0.3, -0.25) is 0 Å². The minimum atomic E-state index is -0.630. The van der Waals surface area contributed by atoms with Crippen LogP contribution in [0.5, 0.6) is 0 Å². The van der Waals surface area contributed by atoms with E-state index in [0.29, 0.717) is 28.1 Å². The van der Waals surface area contributed by atoms with E-state index in [1.54, 1.807) is 24.3 Å². The largest absolute Gasteiger partial charge is 0.250 e. The van der Waals surface area contributed by atoms with Gasteiger partial charge in [-0.15, -0.1) is 0 Å². The van der Waals surface area contributed by atoms with Gasteiger partial charge in [-0.2, -0.15) is 10.5 Å². The smallest absolute Gasteiger partial charge is 0.123 e. The standard InChI is InChI=1S/C22H17F2N3/c1-13(2)20-18(11-25)21(14-3-7-16(23)8-4-14)27-22(19(20)12-26)15-5-9-17(24)10-6-15/h3-10,13,18,20H,1-2H3. The Morgan fingerprint density at radius 3 is 1.85 bits per heavy atom. The van der Waals surface area contributed by atoms with E-state index in [2.05, 4.69) is 17.1 Å². The third kappa shape index (κ3) is 3.50. The molecule has 3 nitrogen and oxygen atoms in total. The molecular weight excluding hydrogens is 344 g/mol. The van der Waals surface area contributed by atoms with Gasteiger partial charge in [0.25, 0.3) is 0 Å². The van der Waals surface area contributed by atoms with Crippen LogP contribution in [0, 0.1) is 52.1 Å². The summed E-state index contributed by atoms with van der Waals surface area (Å²) in [6.45, 7) is 3.89. The van der Waals surface area contributed by atoms with Gasteiger partial charge in [-0.1, -0.05) is 26.0 Å². The van der Waals surface area contributed by atoms with Crippen LogP contribution < -0.4 is 0 Å². The Morgan fingerprint density at radius 2 is 1.41 bits per heavy atom. The fourth-order valence-corrected chi connectivity index (χ4v) is 3.42. The second kappa shape index (κ2) is 7.51. The molecule has 0 amide bonds. The molecule has 2 aromatic carbocycles. The minimum absolute atomic E-state index is 0.00527. The third-order valence-electron chi connectivity index (χ3n) is 4.71. The normalized spacial score (nSPS) is 19.4. The quantitative estimate of drug-likeness (QED) is 0.762. The highest BCUT2D eigenvalue weighted by Crippen LogP contribution is 2.40. The molecule has 0 bridgehead atoms.